The van der Waals surface area contributed by atoms with Crippen molar-refractivity contribution in [2.45, 2.75) is 19.4 Å². The number of nitrogens with zero attached hydrogens (tertiary/aromatic N) is 3. The average Bonchev–Trinajstić information content (AvgIpc) is 3.34. The smallest absolute Gasteiger partial charge is 0.219 e. The van der Waals surface area contributed by atoms with E-state index >= 15 is 0 Å². The van der Waals surface area contributed by atoms with Gasteiger partial charge in [-0.15, -0.1) is 0 Å². The number of nitrogens with two attached hydrogens (primary N) is 1. The summed E-state index contributed by atoms with van der Waals surface area (Å²) in [5.74, 6) is 1.60. The van der Waals surface area contributed by atoms with Crippen molar-refractivity contribution in [1.82, 2.24) is 14.9 Å². The lowest BCUT2D eigenvalue weighted by Crippen LogP contribution is -2.39. The number of benzene rings is 2. The zero-order valence-electron chi connectivity index (χ0n) is 19.1. The van der Waals surface area contributed by atoms with Crippen LogP contribution in [0.1, 0.15) is 19.2 Å². The van der Waals surface area contributed by atoms with Gasteiger partial charge in [-0.1, -0.05) is 12.1 Å². The van der Waals surface area contributed by atoms with Crippen LogP contribution in [-0.2, 0) is 9.59 Å². The first-order valence-corrected chi connectivity index (χ1v) is 10.6. The van der Waals surface area contributed by atoms with E-state index in [1.165, 1.54) is 6.92 Å². The highest BCUT2D eigenvalue weighted by molar-refractivity contribution is 6.27. The molecule has 3 N–H and O–H groups in total. The normalized spacial score (nSPS) is 15.9. The van der Waals surface area contributed by atoms with E-state index < -0.39 is 6.04 Å². The van der Waals surface area contributed by atoms with Gasteiger partial charge in [0.15, 0.2) is 5.78 Å². The Morgan fingerprint density at radius 1 is 1.18 bits per heavy atom. The van der Waals surface area contributed by atoms with Gasteiger partial charge >= 0.3 is 0 Å². The Bertz CT molecular complexity index is 1190. The number of fused-ring (bicyclic) bond motifs is 1. The number of aromatic nitrogens is 2. The average molecular weight is 450 g/mol. The summed E-state index contributed by atoms with van der Waals surface area (Å²) in [5.41, 5.74) is 9.14. The molecule has 0 saturated heterocycles. The summed E-state index contributed by atoms with van der Waals surface area (Å²) in [7, 11) is 4.83. The van der Waals surface area contributed by atoms with Gasteiger partial charge in [0, 0.05) is 38.7 Å². The van der Waals surface area contributed by atoms with Crippen LogP contribution in [0.3, 0.4) is 0 Å². The van der Waals surface area contributed by atoms with Crippen molar-refractivity contribution in [3.8, 4) is 11.5 Å². The van der Waals surface area contributed by atoms with Gasteiger partial charge in [0.1, 0.15) is 34.8 Å². The van der Waals surface area contributed by atoms with Gasteiger partial charge in [0.05, 0.1) is 30.9 Å². The van der Waals surface area contributed by atoms with Crippen LogP contribution in [0.4, 0.5) is 5.69 Å². The van der Waals surface area contributed by atoms with Crippen LogP contribution in [0.5, 0.6) is 11.5 Å². The van der Waals surface area contributed by atoms with Gasteiger partial charge in [0.25, 0.3) is 0 Å². The highest BCUT2D eigenvalue weighted by Gasteiger charge is 2.41. The highest BCUT2D eigenvalue weighted by atomic mass is 16.5. The monoisotopic (exact) mass is 449 g/mol. The minimum absolute atomic E-state index is 0.0755. The van der Waals surface area contributed by atoms with Crippen LogP contribution < -0.4 is 20.1 Å². The number of rotatable bonds is 7. The molecule has 1 amide bonds. The Hall–Kier alpha value is -4.01. The second kappa shape index (κ2) is 8.85. The third-order valence-corrected chi connectivity index (χ3v) is 5.89. The lowest BCUT2D eigenvalue weighted by atomic mass is 10.0. The number of aromatic amines is 1. The molecule has 0 radical (unpaired) electrons. The lowest BCUT2D eigenvalue weighted by molar-refractivity contribution is -0.128. The summed E-state index contributed by atoms with van der Waals surface area (Å²) in [6, 6.07) is 12.3. The molecule has 33 heavy (non-hydrogen) atoms. The Morgan fingerprint density at radius 2 is 1.85 bits per heavy atom. The first-order valence-electron chi connectivity index (χ1n) is 10.6. The predicted molar refractivity (Wildman–Crippen MR) is 126 cm³/mol. The number of anilines is 1. The minimum Gasteiger partial charge on any atom is -0.497 e. The summed E-state index contributed by atoms with van der Waals surface area (Å²) in [6.45, 7) is 1.89. The molecule has 0 bridgehead atoms. The molecule has 0 aliphatic carbocycles. The van der Waals surface area contributed by atoms with Gasteiger partial charge in [0.2, 0.25) is 5.91 Å². The zero-order chi connectivity index (χ0) is 23.7. The van der Waals surface area contributed by atoms with E-state index in [9.17, 15) is 9.59 Å². The van der Waals surface area contributed by atoms with Crippen LogP contribution in [-0.4, -0.2) is 60.4 Å². The molecule has 172 valence electrons. The first-order chi connectivity index (χ1) is 15.8. The second-order valence-corrected chi connectivity index (χ2v) is 7.91. The topological polar surface area (TPSA) is 114 Å². The summed E-state index contributed by atoms with van der Waals surface area (Å²) in [4.78, 5) is 36.6. The molecule has 1 aliphatic heterocycles. The fourth-order valence-corrected chi connectivity index (χ4v) is 3.99. The van der Waals surface area contributed by atoms with E-state index in [4.69, 9.17) is 15.2 Å². The van der Waals surface area contributed by atoms with Crippen molar-refractivity contribution in [2.75, 3.05) is 32.7 Å². The molecule has 2 heterocycles. The number of nitrogens with one attached hydrogen (secondary N) is 1. The number of Topliss-reactive ketones (excluding diaryl/α,β-unsaturated/α-hetero) is 1. The Morgan fingerprint density at radius 3 is 2.45 bits per heavy atom. The molecular weight excluding hydrogens is 422 g/mol. The number of H-pyrrole nitrogens is 1. The summed E-state index contributed by atoms with van der Waals surface area (Å²) >= 11 is 0. The van der Waals surface area contributed by atoms with Crippen LogP contribution in [0.2, 0.25) is 0 Å². The lowest BCUT2D eigenvalue weighted by Gasteiger charge is -2.28. The first kappa shape index (κ1) is 22.2. The number of hydrogen-bond acceptors (Lipinski definition) is 7. The number of amides is 1. The van der Waals surface area contributed by atoms with E-state index in [1.54, 1.807) is 49.3 Å². The number of ether oxygens (including phenoxy) is 2. The molecule has 0 fully saturated rings. The van der Waals surface area contributed by atoms with Gasteiger partial charge in [-0.3, -0.25) is 9.59 Å². The van der Waals surface area contributed by atoms with Crippen LogP contribution in [0, 0.1) is 0 Å². The van der Waals surface area contributed by atoms with Crippen molar-refractivity contribution in [3.05, 3.63) is 54.1 Å². The molecule has 2 aromatic carbocycles. The standard InChI is InChI=1S/C24H27N5O4/c1-14(30)28(2)10-9-20-22(31)21(24-26-18-7-5-6-8-19(18)27-24)23(25)29(20)15-11-16(32-3)13-17(12-15)33-4/h5-8,11-13,20H,9-10,25H2,1-4H3,(H,26,27). The third kappa shape index (κ3) is 4.09. The van der Waals surface area contributed by atoms with Crippen molar-refractivity contribution < 1.29 is 19.1 Å². The number of carbonyl (C=O) groups excluding carboxylic acids is 2. The molecule has 3 aromatic rings. The fraction of sp³-hybridized carbons (Fsp3) is 0.292. The molecule has 9 heteroatoms. The minimum atomic E-state index is -0.619. The maximum absolute atomic E-state index is 13.7. The number of ketones is 1. The molecule has 1 aliphatic rings. The molecule has 1 unspecified atom stereocenters. The van der Waals surface area contributed by atoms with E-state index in [2.05, 4.69) is 9.97 Å². The maximum Gasteiger partial charge on any atom is 0.219 e. The van der Waals surface area contributed by atoms with E-state index in [0.717, 1.165) is 11.0 Å². The van der Waals surface area contributed by atoms with Gasteiger partial charge in [-0.2, -0.15) is 0 Å². The summed E-state index contributed by atoms with van der Waals surface area (Å²) in [5, 5.41) is 0. The molecule has 1 atom stereocenters. The second-order valence-electron chi connectivity index (χ2n) is 7.91. The Labute approximate surface area is 191 Å². The molecule has 1 aromatic heterocycles. The van der Waals surface area contributed by atoms with Gasteiger partial charge in [-0.25, -0.2) is 4.98 Å². The fourth-order valence-electron chi connectivity index (χ4n) is 3.99. The summed E-state index contributed by atoms with van der Waals surface area (Å²) in [6.07, 6.45) is 0.388. The van der Waals surface area contributed by atoms with Crippen molar-refractivity contribution >= 4 is 34.0 Å². The number of imidazole rings is 1. The van der Waals surface area contributed by atoms with Crippen LogP contribution in [0.15, 0.2) is 48.3 Å². The molecule has 0 spiro atoms. The predicted octanol–water partition coefficient (Wildman–Crippen LogP) is 2.53. The molecule has 9 nitrogen and oxygen atoms in total. The highest BCUT2D eigenvalue weighted by Crippen LogP contribution is 2.38. The Kier molecular flexibility index (Phi) is 5.95. The van der Waals surface area contributed by atoms with Crippen molar-refractivity contribution in [1.29, 1.82) is 0 Å². The Balaban J connectivity index is 1.81. The van der Waals surface area contributed by atoms with Gasteiger partial charge in [-0.05, 0) is 18.6 Å². The van der Waals surface area contributed by atoms with Gasteiger partial charge < -0.3 is 30.0 Å². The van der Waals surface area contributed by atoms with E-state index in [-0.39, 0.29) is 17.5 Å². The van der Waals surface area contributed by atoms with Crippen LogP contribution >= 0.6 is 0 Å². The SMILES string of the molecule is COc1cc(OC)cc(N2C(N)=C(c3nc4ccccc4[nH]3)C(=O)C2CCN(C)C(C)=O)c1. The molecular formula is C24H27N5O4. The largest absolute Gasteiger partial charge is 0.497 e. The number of methoxy groups -OCH3 is 2. The van der Waals surface area contributed by atoms with E-state index in [0.29, 0.717) is 41.5 Å². The quantitative estimate of drug-likeness (QED) is 0.570. The number of hydrogen-bond donors (Lipinski definition) is 2. The number of para-hydroxylation sites is 2. The summed E-state index contributed by atoms with van der Waals surface area (Å²) < 4.78 is 10.8. The zero-order valence-corrected chi connectivity index (χ0v) is 19.1. The van der Waals surface area contributed by atoms with Crippen molar-refractivity contribution in [3.63, 3.8) is 0 Å². The third-order valence-electron chi connectivity index (χ3n) is 5.89. The molecule has 4 rings (SSSR count). The number of carbonyl (C=O) groups is 2. The van der Waals surface area contributed by atoms with Crippen molar-refractivity contribution in [2.24, 2.45) is 5.73 Å². The van der Waals surface area contributed by atoms with E-state index in [1.807, 2.05) is 24.3 Å². The van der Waals surface area contributed by atoms with Crippen LogP contribution in [0.25, 0.3) is 16.6 Å². The molecule has 0 saturated carbocycles. The maximum atomic E-state index is 13.7.